The second kappa shape index (κ2) is 8.43. The molecule has 0 heterocycles. The molecule has 0 aliphatic carbocycles. The van der Waals surface area contributed by atoms with Gasteiger partial charge in [-0.25, -0.2) is 0 Å². The lowest BCUT2D eigenvalue weighted by Crippen LogP contribution is -2.24. The van der Waals surface area contributed by atoms with E-state index < -0.39 is 0 Å². The normalized spacial score (nSPS) is 10.6. The molecule has 20 heavy (non-hydrogen) atoms. The van der Waals surface area contributed by atoms with Crippen LogP contribution in [0.1, 0.15) is 37.0 Å². The van der Waals surface area contributed by atoms with E-state index in [2.05, 4.69) is 5.32 Å². The lowest BCUT2D eigenvalue weighted by molar-refractivity contribution is 0.0754. The summed E-state index contributed by atoms with van der Waals surface area (Å²) in [5, 5.41) is 2.87. The molecule has 5 nitrogen and oxygen atoms in total. The van der Waals surface area contributed by atoms with Gasteiger partial charge in [-0.1, -0.05) is 0 Å². The molecule has 1 aromatic rings. The Morgan fingerprint density at radius 3 is 2.75 bits per heavy atom. The molecule has 1 aromatic carbocycles. The van der Waals surface area contributed by atoms with Gasteiger partial charge in [0.25, 0.3) is 5.91 Å². The van der Waals surface area contributed by atoms with Crippen molar-refractivity contribution in [2.75, 3.05) is 26.0 Å². The highest BCUT2D eigenvalue weighted by molar-refractivity contribution is 5.95. The number of benzene rings is 1. The van der Waals surface area contributed by atoms with Gasteiger partial charge in [-0.05, 0) is 44.9 Å². The van der Waals surface area contributed by atoms with Gasteiger partial charge in [-0.15, -0.1) is 0 Å². The number of unbranched alkanes of at least 4 members (excludes halogenated alkanes) is 1. The molecule has 0 saturated heterocycles. The number of nitrogens with one attached hydrogen (secondary N) is 1. The van der Waals surface area contributed by atoms with Crippen molar-refractivity contribution in [1.82, 2.24) is 5.32 Å². The number of ether oxygens (including phenoxy) is 2. The highest BCUT2D eigenvalue weighted by atomic mass is 16.5. The van der Waals surface area contributed by atoms with E-state index in [9.17, 15) is 4.79 Å². The molecule has 5 heteroatoms. The van der Waals surface area contributed by atoms with Gasteiger partial charge in [0.1, 0.15) is 5.75 Å². The molecule has 0 unspecified atom stereocenters. The van der Waals surface area contributed by atoms with Crippen LogP contribution in [0.4, 0.5) is 5.69 Å². The van der Waals surface area contributed by atoms with Crippen molar-refractivity contribution in [3.8, 4) is 5.75 Å². The van der Waals surface area contributed by atoms with E-state index in [1.54, 1.807) is 18.2 Å². The first-order valence-corrected chi connectivity index (χ1v) is 6.88. The molecule has 0 bridgehead atoms. The molecule has 0 saturated carbocycles. The maximum Gasteiger partial charge on any atom is 0.251 e. The molecule has 3 N–H and O–H groups in total. The lowest BCUT2D eigenvalue weighted by Gasteiger charge is -2.09. The van der Waals surface area contributed by atoms with Crippen LogP contribution in [-0.2, 0) is 4.74 Å². The third-order valence-electron chi connectivity index (χ3n) is 2.80. The van der Waals surface area contributed by atoms with Gasteiger partial charge in [-0.3, -0.25) is 4.79 Å². The molecule has 1 rings (SSSR count). The van der Waals surface area contributed by atoms with E-state index in [1.807, 2.05) is 13.8 Å². The van der Waals surface area contributed by atoms with E-state index >= 15 is 0 Å². The average molecular weight is 280 g/mol. The van der Waals surface area contributed by atoms with Gasteiger partial charge in [0.2, 0.25) is 0 Å². The third-order valence-corrected chi connectivity index (χ3v) is 2.80. The number of rotatable bonds is 8. The molecule has 0 aliphatic heterocycles. The highest BCUT2D eigenvalue weighted by Gasteiger charge is 2.08. The summed E-state index contributed by atoms with van der Waals surface area (Å²) < 4.78 is 10.5. The molecule has 0 radical (unpaired) electrons. The number of hydrogen-bond acceptors (Lipinski definition) is 4. The molecule has 0 aliphatic rings. The summed E-state index contributed by atoms with van der Waals surface area (Å²) in [4.78, 5) is 11.9. The predicted octanol–water partition coefficient (Wildman–Crippen LogP) is 2.21. The number of carbonyl (C=O) groups excluding carboxylic acids is 1. The Labute approximate surface area is 120 Å². The van der Waals surface area contributed by atoms with Crippen LogP contribution in [0.15, 0.2) is 18.2 Å². The predicted molar refractivity (Wildman–Crippen MR) is 80.1 cm³/mol. The zero-order valence-electron chi connectivity index (χ0n) is 12.4. The van der Waals surface area contributed by atoms with Crippen LogP contribution in [0.2, 0.25) is 0 Å². The monoisotopic (exact) mass is 280 g/mol. The van der Waals surface area contributed by atoms with Crippen molar-refractivity contribution >= 4 is 11.6 Å². The SMILES string of the molecule is COc1cc(C(=O)NCCCCOC(C)C)ccc1N. The first-order valence-electron chi connectivity index (χ1n) is 6.88. The summed E-state index contributed by atoms with van der Waals surface area (Å²) >= 11 is 0. The summed E-state index contributed by atoms with van der Waals surface area (Å²) in [5.41, 5.74) is 6.78. The summed E-state index contributed by atoms with van der Waals surface area (Å²) in [6, 6.07) is 5.01. The Kier molecular flexibility index (Phi) is 6.87. The van der Waals surface area contributed by atoms with E-state index in [4.69, 9.17) is 15.2 Å². The zero-order valence-corrected chi connectivity index (χ0v) is 12.4. The second-order valence-electron chi connectivity index (χ2n) is 4.84. The first kappa shape index (κ1) is 16.3. The number of nitrogens with two attached hydrogens (primary N) is 1. The third kappa shape index (κ3) is 5.48. The maximum absolute atomic E-state index is 11.9. The number of anilines is 1. The molecular weight excluding hydrogens is 256 g/mol. The maximum atomic E-state index is 11.9. The summed E-state index contributed by atoms with van der Waals surface area (Å²) in [7, 11) is 1.53. The topological polar surface area (TPSA) is 73.6 Å². The Morgan fingerprint density at radius 2 is 2.10 bits per heavy atom. The second-order valence-corrected chi connectivity index (χ2v) is 4.84. The number of hydrogen-bond donors (Lipinski definition) is 2. The molecule has 112 valence electrons. The fourth-order valence-electron chi connectivity index (χ4n) is 1.70. The minimum atomic E-state index is -0.118. The van der Waals surface area contributed by atoms with Crippen molar-refractivity contribution in [3.63, 3.8) is 0 Å². The van der Waals surface area contributed by atoms with Crippen LogP contribution in [0.3, 0.4) is 0 Å². The van der Waals surface area contributed by atoms with Crippen molar-refractivity contribution in [2.45, 2.75) is 32.8 Å². The first-order chi connectivity index (χ1) is 9.54. The molecule has 1 amide bonds. The van der Waals surface area contributed by atoms with Gasteiger partial charge in [-0.2, -0.15) is 0 Å². The van der Waals surface area contributed by atoms with Gasteiger partial charge in [0.05, 0.1) is 18.9 Å². The Balaban J connectivity index is 2.32. The van der Waals surface area contributed by atoms with E-state index in [1.165, 1.54) is 7.11 Å². The Morgan fingerprint density at radius 1 is 1.35 bits per heavy atom. The summed E-state index contributed by atoms with van der Waals surface area (Å²) in [5.74, 6) is 0.399. The number of amides is 1. The number of methoxy groups -OCH3 is 1. The molecule has 0 atom stereocenters. The Hall–Kier alpha value is -1.75. The van der Waals surface area contributed by atoms with Gasteiger partial charge < -0.3 is 20.5 Å². The smallest absolute Gasteiger partial charge is 0.251 e. The number of carbonyl (C=O) groups is 1. The van der Waals surface area contributed by atoms with E-state index in [0.29, 0.717) is 23.5 Å². The Bertz CT molecular complexity index is 433. The minimum Gasteiger partial charge on any atom is -0.495 e. The molecule has 0 fully saturated rings. The van der Waals surface area contributed by atoms with Crippen molar-refractivity contribution in [2.24, 2.45) is 0 Å². The van der Waals surface area contributed by atoms with Crippen molar-refractivity contribution in [3.05, 3.63) is 23.8 Å². The lowest BCUT2D eigenvalue weighted by atomic mass is 10.1. The highest BCUT2D eigenvalue weighted by Crippen LogP contribution is 2.21. The van der Waals surface area contributed by atoms with Crippen LogP contribution in [-0.4, -0.2) is 32.3 Å². The largest absolute Gasteiger partial charge is 0.495 e. The van der Waals surface area contributed by atoms with Crippen molar-refractivity contribution < 1.29 is 14.3 Å². The van der Waals surface area contributed by atoms with Crippen molar-refractivity contribution in [1.29, 1.82) is 0 Å². The van der Waals surface area contributed by atoms with Crippen LogP contribution in [0.25, 0.3) is 0 Å². The molecule has 0 spiro atoms. The standard InChI is InChI=1S/C15H24N2O3/c1-11(2)20-9-5-4-8-17-15(18)12-6-7-13(16)14(10-12)19-3/h6-7,10-11H,4-5,8-9,16H2,1-3H3,(H,17,18). The summed E-state index contributed by atoms with van der Waals surface area (Å²) in [6.45, 7) is 5.38. The van der Waals surface area contributed by atoms with E-state index in [-0.39, 0.29) is 12.0 Å². The fraction of sp³-hybridized carbons (Fsp3) is 0.533. The van der Waals surface area contributed by atoms with Crippen LogP contribution < -0.4 is 15.8 Å². The van der Waals surface area contributed by atoms with Gasteiger partial charge >= 0.3 is 0 Å². The van der Waals surface area contributed by atoms with Gasteiger partial charge in [0.15, 0.2) is 0 Å². The van der Waals surface area contributed by atoms with Crippen LogP contribution in [0.5, 0.6) is 5.75 Å². The average Bonchev–Trinajstić information content (AvgIpc) is 2.42. The van der Waals surface area contributed by atoms with E-state index in [0.717, 1.165) is 19.4 Å². The van der Waals surface area contributed by atoms with Crippen LogP contribution in [0, 0.1) is 0 Å². The minimum absolute atomic E-state index is 0.118. The summed E-state index contributed by atoms with van der Waals surface area (Å²) in [6.07, 6.45) is 2.08. The quantitative estimate of drug-likeness (QED) is 0.565. The zero-order chi connectivity index (χ0) is 15.0. The van der Waals surface area contributed by atoms with Gasteiger partial charge in [0, 0.05) is 18.7 Å². The van der Waals surface area contributed by atoms with Crippen LogP contribution >= 0.6 is 0 Å². The fourth-order valence-corrected chi connectivity index (χ4v) is 1.70. The molecule has 0 aromatic heterocycles. The number of nitrogen functional groups attached to an aromatic ring is 1. The molecular formula is C15H24N2O3.